The largest absolute Gasteiger partial charge is 0.508 e. The van der Waals surface area contributed by atoms with E-state index in [0.29, 0.717) is 0 Å². The van der Waals surface area contributed by atoms with Crippen LogP contribution in [0.1, 0.15) is 28.4 Å². The molecule has 2 rings (SSSR count). The molecule has 0 radical (unpaired) electrons. The third-order valence-electron chi connectivity index (χ3n) is 2.43. The molecular formula is C10H10O4. The molecule has 1 aromatic rings. The molecule has 0 bridgehead atoms. The Balaban J connectivity index is 2.61. The van der Waals surface area contributed by atoms with Crippen LogP contribution in [0.25, 0.3) is 0 Å². The Hall–Kier alpha value is -1.39. The number of carbonyl (C=O) groups excluding carboxylic acids is 1. The van der Waals surface area contributed by atoms with Crippen LogP contribution in [0.15, 0.2) is 18.2 Å². The number of hydrogen-bond acceptors (Lipinski definition) is 4. The molecule has 1 aliphatic carbocycles. The fourth-order valence-electron chi connectivity index (χ4n) is 1.73. The average molecular weight is 194 g/mol. The van der Waals surface area contributed by atoms with Gasteiger partial charge in [-0.1, -0.05) is 12.1 Å². The molecule has 74 valence electrons. The number of fused-ring (bicyclic) bond motifs is 1. The number of ketones is 1. The van der Waals surface area contributed by atoms with Crippen molar-refractivity contribution in [3.05, 3.63) is 29.3 Å². The summed E-state index contributed by atoms with van der Waals surface area (Å²) in [6, 6.07) is 4.41. The second-order valence-electron chi connectivity index (χ2n) is 3.37. The first-order valence-corrected chi connectivity index (χ1v) is 4.33. The molecule has 0 saturated heterocycles. The molecular weight excluding hydrogens is 184 g/mol. The smallest absolute Gasteiger partial charge is 0.191 e. The van der Waals surface area contributed by atoms with E-state index < -0.39 is 18.0 Å². The molecule has 14 heavy (non-hydrogen) atoms. The van der Waals surface area contributed by atoms with Gasteiger partial charge in [-0.2, -0.15) is 0 Å². The summed E-state index contributed by atoms with van der Waals surface area (Å²) in [6.07, 6.45) is -2.19. The maximum atomic E-state index is 11.4. The molecule has 0 saturated carbocycles. The highest BCUT2D eigenvalue weighted by Gasteiger charge is 2.32. The summed E-state index contributed by atoms with van der Waals surface area (Å²) < 4.78 is 0. The molecule has 0 spiro atoms. The minimum atomic E-state index is -1.17. The third-order valence-corrected chi connectivity index (χ3v) is 2.43. The summed E-state index contributed by atoms with van der Waals surface area (Å²) in [5, 5.41) is 28.3. The lowest BCUT2D eigenvalue weighted by atomic mass is 9.86. The Morgan fingerprint density at radius 2 is 1.93 bits per heavy atom. The number of aliphatic hydroxyl groups is 2. The van der Waals surface area contributed by atoms with Gasteiger partial charge in [0.25, 0.3) is 0 Å². The molecule has 4 nitrogen and oxygen atoms in total. The molecule has 0 fully saturated rings. The van der Waals surface area contributed by atoms with Crippen molar-refractivity contribution in [2.45, 2.75) is 18.6 Å². The normalized spacial score (nSPS) is 26.0. The van der Waals surface area contributed by atoms with Gasteiger partial charge in [0.05, 0.1) is 6.10 Å². The van der Waals surface area contributed by atoms with Gasteiger partial charge < -0.3 is 15.3 Å². The van der Waals surface area contributed by atoms with Crippen molar-refractivity contribution < 1.29 is 20.1 Å². The molecule has 0 aromatic heterocycles. The number of aromatic hydroxyl groups is 1. The molecule has 0 unspecified atom stereocenters. The summed E-state index contributed by atoms with van der Waals surface area (Å²) in [6.45, 7) is 0. The summed E-state index contributed by atoms with van der Waals surface area (Å²) in [5.74, 6) is -0.545. The number of carbonyl (C=O) groups is 1. The van der Waals surface area contributed by atoms with E-state index in [1.165, 1.54) is 18.2 Å². The molecule has 1 aromatic carbocycles. The van der Waals surface area contributed by atoms with E-state index in [4.69, 9.17) is 0 Å². The number of aliphatic hydroxyl groups excluding tert-OH is 2. The molecule has 4 heteroatoms. The van der Waals surface area contributed by atoms with E-state index in [-0.39, 0.29) is 23.3 Å². The van der Waals surface area contributed by atoms with Crippen LogP contribution in [0.5, 0.6) is 5.75 Å². The van der Waals surface area contributed by atoms with Gasteiger partial charge in [-0.05, 0) is 6.07 Å². The summed E-state index contributed by atoms with van der Waals surface area (Å²) in [4.78, 5) is 11.4. The maximum absolute atomic E-state index is 11.4. The average Bonchev–Trinajstić information content (AvgIpc) is 2.14. The van der Waals surface area contributed by atoms with Crippen molar-refractivity contribution in [3.63, 3.8) is 0 Å². The Morgan fingerprint density at radius 3 is 2.64 bits per heavy atom. The van der Waals surface area contributed by atoms with Crippen LogP contribution >= 0.6 is 0 Å². The molecule has 0 heterocycles. The van der Waals surface area contributed by atoms with Crippen molar-refractivity contribution in [1.29, 1.82) is 0 Å². The van der Waals surface area contributed by atoms with Crippen LogP contribution in [0.2, 0.25) is 0 Å². The molecule has 0 aliphatic heterocycles. The van der Waals surface area contributed by atoms with Gasteiger partial charge in [0, 0.05) is 17.5 Å². The van der Waals surface area contributed by atoms with Crippen LogP contribution in [-0.2, 0) is 0 Å². The minimum Gasteiger partial charge on any atom is -0.508 e. The van der Waals surface area contributed by atoms with Crippen LogP contribution in [0.3, 0.4) is 0 Å². The van der Waals surface area contributed by atoms with Gasteiger partial charge in [0.1, 0.15) is 11.9 Å². The van der Waals surface area contributed by atoms with E-state index in [2.05, 4.69) is 0 Å². The quantitative estimate of drug-likeness (QED) is 0.557. The fraction of sp³-hybridized carbons (Fsp3) is 0.300. The molecule has 0 amide bonds. The first-order valence-electron chi connectivity index (χ1n) is 4.33. The first-order chi connectivity index (χ1) is 6.61. The first kappa shape index (κ1) is 9.18. The van der Waals surface area contributed by atoms with Crippen molar-refractivity contribution in [3.8, 4) is 5.75 Å². The number of benzene rings is 1. The van der Waals surface area contributed by atoms with Crippen LogP contribution in [0.4, 0.5) is 0 Å². The highest BCUT2D eigenvalue weighted by atomic mass is 16.3. The van der Waals surface area contributed by atoms with E-state index in [0.717, 1.165) is 0 Å². The SMILES string of the molecule is O=C1c2cccc(O)c2[C@H](O)C[C@H]1O. The predicted octanol–water partition coefficient (Wildman–Crippen LogP) is 0.373. The van der Waals surface area contributed by atoms with Crippen LogP contribution in [0, 0.1) is 0 Å². The number of rotatable bonds is 0. The van der Waals surface area contributed by atoms with E-state index in [1.54, 1.807) is 0 Å². The molecule has 3 N–H and O–H groups in total. The standard InChI is InChI=1S/C10H10O4/c11-6-3-1-2-5-9(6)7(12)4-8(13)10(5)14/h1-3,7-8,11-13H,4H2/t7-,8-/m1/s1. The Bertz CT molecular complexity index is 386. The monoisotopic (exact) mass is 194 g/mol. The molecule has 2 atom stereocenters. The van der Waals surface area contributed by atoms with E-state index in [1.807, 2.05) is 0 Å². The van der Waals surface area contributed by atoms with Crippen molar-refractivity contribution in [2.24, 2.45) is 0 Å². The van der Waals surface area contributed by atoms with Crippen LogP contribution in [-0.4, -0.2) is 27.2 Å². The number of phenols is 1. The minimum absolute atomic E-state index is 0.0522. The maximum Gasteiger partial charge on any atom is 0.191 e. The number of Topliss-reactive ketones (excluding diaryl/α,β-unsaturated/α-hetero) is 1. The zero-order valence-corrected chi connectivity index (χ0v) is 7.34. The summed E-state index contributed by atoms with van der Waals surface area (Å²) in [7, 11) is 0. The van der Waals surface area contributed by atoms with Crippen molar-refractivity contribution in [2.75, 3.05) is 0 Å². The van der Waals surface area contributed by atoms with E-state index in [9.17, 15) is 20.1 Å². The summed E-state index contributed by atoms with van der Waals surface area (Å²) >= 11 is 0. The highest BCUT2D eigenvalue weighted by molar-refractivity contribution is 6.02. The lowest BCUT2D eigenvalue weighted by Gasteiger charge is -2.24. The fourth-order valence-corrected chi connectivity index (χ4v) is 1.73. The van der Waals surface area contributed by atoms with E-state index >= 15 is 0 Å². The third kappa shape index (κ3) is 1.20. The Morgan fingerprint density at radius 1 is 1.21 bits per heavy atom. The number of hydrogen-bond donors (Lipinski definition) is 3. The predicted molar refractivity (Wildman–Crippen MR) is 48.0 cm³/mol. The van der Waals surface area contributed by atoms with Gasteiger partial charge in [-0.3, -0.25) is 4.79 Å². The summed E-state index contributed by atoms with van der Waals surface area (Å²) in [5.41, 5.74) is 0.430. The van der Waals surface area contributed by atoms with Gasteiger partial charge in [-0.15, -0.1) is 0 Å². The second kappa shape index (κ2) is 3.08. The molecule has 1 aliphatic rings. The van der Waals surface area contributed by atoms with Gasteiger partial charge in [-0.25, -0.2) is 0 Å². The topological polar surface area (TPSA) is 77.8 Å². The number of phenolic OH excluding ortho intramolecular Hbond substituents is 1. The van der Waals surface area contributed by atoms with Gasteiger partial charge >= 0.3 is 0 Å². The van der Waals surface area contributed by atoms with Crippen molar-refractivity contribution >= 4 is 5.78 Å². The zero-order chi connectivity index (χ0) is 10.3. The lowest BCUT2D eigenvalue weighted by molar-refractivity contribution is 0.0477. The zero-order valence-electron chi connectivity index (χ0n) is 7.34. The van der Waals surface area contributed by atoms with Crippen LogP contribution < -0.4 is 0 Å². The Kier molecular flexibility index (Phi) is 2.02. The van der Waals surface area contributed by atoms with Crippen molar-refractivity contribution in [1.82, 2.24) is 0 Å². The Labute approximate surface area is 80.4 Å². The van der Waals surface area contributed by atoms with Gasteiger partial charge in [0.2, 0.25) is 0 Å². The van der Waals surface area contributed by atoms with Gasteiger partial charge in [0.15, 0.2) is 5.78 Å². The lowest BCUT2D eigenvalue weighted by Crippen LogP contribution is -2.29. The highest BCUT2D eigenvalue weighted by Crippen LogP contribution is 2.35. The second-order valence-corrected chi connectivity index (χ2v) is 3.37.